The summed E-state index contributed by atoms with van der Waals surface area (Å²) in [6.45, 7) is 6.99. The molecule has 2 saturated heterocycles. The molecule has 3 heterocycles. The van der Waals surface area contributed by atoms with Crippen molar-refractivity contribution in [3.8, 4) is 0 Å². The lowest BCUT2D eigenvalue weighted by molar-refractivity contribution is -0.153. The third kappa shape index (κ3) is 3.61. The number of aromatic nitrogens is 2. The van der Waals surface area contributed by atoms with Crippen LogP contribution in [-0.2, 0) is 21.4 Å². The number of anilines is 1. The van der Waals surface area contributed by atoms with Gasteiger partial charge in [-0.15, -0.1) is 0 Å². The van der Waals surface area contributed by atoms with Crippen molar-refractivity contribution in [1.29, 1.82) is 0 Å². The van der Waals surface area contributed by atoms with E-state index in [9.17, 15) is 9.59 Å². The lowest BCUT2D eigenvalue weighted by Crippen LogP contribution is -2.60. The third-order valence-corrected chi connectivity index (χ3v) is 5.48. The summed E-state index contributed by atoms with van der Waals surface area (Å²) in [5, 5.41) is 4.18. The molecule has 0 bridgehead atoms. The predicted octanol–water partition coefficient (Wildman–Crippen LogP) is 0.485. The predicted molar refractivity (Wildman–Crippen MR) is 97.8 cm³/mol. The minimum Gasteiger partial charge on any atom is -0.369 e. The summed E-state index contributed by atoms with van der Waals surface area (Å²) in [6.07, 6.45) is 5.46. The second-order valence-electron chi connectivity index (χ2n) is 7.56. The molecule has 8 heteroatoms. The number of methoxy groups -OCH3 is 1. The van der Waals surface area contributed by atoms with E-state index < -0.39 is 5.60 Å². The fourth-order valence-corrected chi connectivity index (χ4v) is 3.70. The van der Waals surface area contributed by atoms with E-state index in [2.05, 4.69) is 10.00 Å². The molecule has 1 atom stereocenters. The number of ether oxygens (including phenoxy) is 1. The number of hydrogen-bond donors (Lipinski definition) is 0. The molecule has 0 spiro atoms. The Morgan fingerprint density at radius 1 is 1.23 bits per heavy atom. The molecule has 2 aliphatic heterocycles. The van der Waals surface area contributed by atoms with Crippen molar-refractivity contribution >= 4 is 17.5 Å². The molecule has 0 aromatic carbocycles. The van der Waals surface area contributed by atoms with E-state index in [1.165, 1.54) is 0 Å². The van der Waals surface area contributed by atoms with Gasteiger partial charge in [0.2, 0.25) is 5.91 Å². The van der Waals surface area contributed by atoms with E-state index in [-0.39, 0.29) is 17.9 Å². The van der Waals surface area contributed by atoms with E-state index in [0.717, 1.165) is 25.1 Å². The highest BCUT2D eigenvalue weighted by atomic mass is 16.5. The number of piperazine rings is 1. The number of hydrogen-bond acceptors (Lipinski definition) is 5. The van der Waals surface area contributed by atoms with Crippen LogP contribution in [0.1, 0.15) is 26.7 Å². The Labute approximate surface area is 154 Å². The standard InChI is InChI=1S/C18H29N5O3/c1-18(2,26-4)17(25)22-10-8-21(9-11-22)15-6-5-7-23(16(15)24)14-12-19-20(3)13-14/h12-13,15H,5-11H2,1-4H3/t15-/m1/s1. The van der Waals surface area contributed by atoms with Crippen LogP contribution in [0.5, 0.6) is 0 Å². The molecule has 1 aromatic heterocycles. The maximum absolute atomic E-state index is 13.0. The van der Waals surface area contributed by atoms with Crippen LogP contribution in [-0.4, -0.2) is 82.9 Å². The van der Waals surface area contributed by atoms with E-state index in [4.69, 9.17) is 4.74 Å². The van der Waals surface area contributed by atoms with Gasteiger partial charge in [0.25, 0.3) is 5.91 Å². The van der Waals surface area contributed by atoms with Gasteiger partial charge in [0.1, 0.15) is 5.60 Å². The number of rotatable bonds is 4. The van der Waals surface area contributed by atoms with Gasteiger partial charge in [0.15, 0.2) is 0 Å². The van der Waals surface area contributed by atoms with Gasteiger partial charge in [-0.3, -0.25) is 19.2 Å². The molecule has 26 heavy (non-hydrogen) atoms. The quantitative estimate of drug-likeness (QED) is 0.778. The summed E-state index contributed by atoms with van der Waals surface area (Å²) < 4.78 is 7.02. The van der Waals surface area contributed by atoms with Crippen molar-refractivity contribution in [2.24, 2.45) is 7.05 Å². The van der Waals surface area contributed by atoms with Gasteiger partial charge in [-0.1, -0.05) is 0 Å². The van der Waals surface area contributed by atoms with Gasteiger partial charge in [-0.05, 0) is 26.7 Å². The van der Waals surface area contributed by atoms with Crippen LogP contribution in [0.4, 0.5) is 5.69 Å². The number of carbonyl (C=O) groups is 2. The molecule has 2 amide bonds. The van der Waals surface area contributed by atoms with E-state index in [1.54, 1.807) is 31.8 Å². The van der Waals surface area contributed by atoms with Gasteiger partial charge in [-0.25, -0.2) is 0 Å². The Morgan fingerprint density at radius 3 is 2.50 bits per heavy atom. The minimum atomic E-state index is -0.806. The van der Waals surface area contributed by atoms with E-state index in [0.29, 0.717) is 26.2 Å². The van der Waals surface area contributed by atoms with Crippen molar-refractivity contribution in [3.05, 3.63) is 12.4 Å². The topological polar surface area (TPSA) is 70.9 Å². The van der Waals surface area contributed by atoms with Crippen molar-refractivity contribution < 1.29 is 14.3 Å². The van der Waals surface area contributed by atoms with Crippen LogP contribution in [0.15, 0.2) is 12.4 Å². The molecule has 0 N–H and O–H groups in total. The van der Waals surface area contributed by atoms with Gasteiger partial charge < -0.3 is 14.5 Å². The van der Waals surface area contributed by atoms with Crippen LogP contribution >= 0.6 is 0 Å². The first kappa shape index (κ1) is 18.8. The smallest absolute Gasteiger partial charge is 0.254 e. The number of amides is 2. The molecule has 2 fully saturated rings. The first-order valence-electron chi connectivity index (χ1n) is 9.22. The SMILES string of the molecule is COC(C)(C)C(=O)N1CCN([C@@H]2CCCN(c3cnn(C)c3)C2=O)CC1. The first-order chi connectivity index (χ1) is 12.3. The zero-order valence-corrected chi connectivity index (χ0v) is 16.1. The molecule has 144 valence electrons. The second kappa shape index (κ2) is 7.36. The largest absolute Gasteiger partial charge is 0.369 e. The molecule has 8 nitrogen and oxygen atoms in total. The molecule has 1 aromatic rings. The first-order valence-corrected chi connectivity index (χ1v) is 9.22. The van der Waals surface area contributed by atoms with Crippen molar-refractivity contribution in [2.45, 2.75) is 38.3 Å². The Balaban J connectivity index is 1.62. The van der Waals surface area contributed by atoms with Gasteiger partial charge in [0.05, 0.1) is 17.9 Å². The molecular formula is C18H29N5O3. The highest BCUT2D eigenvalue weighted by molar-refractivity contribution is 5.97. The summed E-state index contributed by atoms with van der Waals surface area (Å²) in [4.78, 5) is 31.4. The lowest BCUT2D eigenvalue weighted by Gasteiger charge is -2.43. The van der Waals surface area contributed by atoms with E-state index >= 15 is 0 Å². The van der Waals surface area contributed by atoms with Crippen molar-refractivity contribution in [3.63, 3.8) is 0 Å². The van der Waals surface area contributed by atoms with Crippen molar-refractivity contribution in [2.75, 3.05) is 44.7 Å². The van der Waals surface area contributed by atoms with Crippen LogP contribution < -0.4 is 4.90 Å². The third-order valence-electron chi connectivity index (χ3n) is 5.48. The average Bonchev–Trinajstić information content (AvgIpc) is 3.07. The number of aryl methyl sites for hydroxylation is 1. The molecule has 0 aliphatic carbocycles. The summed E-state index contributed by atoms with van der Waals surface area (Å²) in [6, 6.07) is -0.114. The molecular weight excluding hydrogens is 334 g/mol. The Kier molecular flexibility index (Phi) is 5.34. The van der Waals surface area contributed by atoms with Crippen molar-refractivity contribution in [1.82, 2.24) is 19.6 Å². The summed E-state index contributed by atoms with van der Waals surface area (Å²) in [5.74, 6) is 0.146. The van der Waals surface area contributed by atoms with Gasteiger partial charge >= 0.3 is 0 Å². The van der Waals surface area contributed by atoms with Gasteiger partial charge in [0, 0.05) is 53.1 Å². The highest BCUT2D eigenvalue weighted by Crippen LogP contribution is 2.24. The zero-order chi connectivity index (χ0) is 18.9. The fourth-order valence-electron chi connectivity index (χ4n) is 3.70. The lowest BCUT2D eigenvalue weighted by atomic mass is 10.0. The number of nitrogens with zero attached hydrogens (tertiary/aromatic N) is 5. The van der Waals surface area contributed by atoms with Gasteiger partial charge in [-0.2, -0.15) is 5.10 Å². The Bertz CT molecular complexity index is 664. The monoisotopic (exact) mass is 363 g/mol. The molecule has 3 rings (SSSR count). The number of carbonyl (C=O) groups excluding carboxylic acids is 2. The Hall–Kier alpha value is -1.93. The summed E-state index contributed by atoms with van der Waals surface area (Å²) in [5.41, 5.74) is 0.0535. The minimum absolute atomic E-state index is 0.00612. The van der Waals surface area contributed by atoms with Crippen LogP contribution in [0, 0.1) is 0 Å². The number of piperidine rings is 1. The molecule has 2 aliphatic rings. The summed E-state index contributed by atoms with van der Waals surface area (Å²) >= 11 is 0. The Morgan fingerprint density at radius 2 is 1.92 bits per heavy atom. The highest BCUT2D eigenvalue weighted by Gasteiger charge is 2.38. The maximum Gasteiger partial charge on any atom is 0.254 e. The van der Waals surface area contributed by atoms with E-state index in [1.807, 2.05) is 23.0 Å². The van der Waals surface area contributed by atoms with Crippen LogP contribution in [0.3, 0.4) is 0 Å². The normalized spacial score (nSPS) is 22.8. The second-order valence-corrected chi connectivity index (χ2v) is 7.56. The van der Waals surface area contributed by atoms with Crippen LogP contribution in [0.2, 0.25) is 0 Å². The van der Waals surface area contributed by atoms with Crippen LogP contribution in [0.25, 0.3) is 0 Å². The zero-order valence-electron chi connectivity index (χ0n) is 16.1. The average molecular weight is 363 g/mol. The fraction of sp³-hybridized carbons (Fsp3) is 0.722. The summed E-state index contributed by atoms with van der Waals surface area (Å²) in [7, 11) is 3.41. The maximum atomic E-state index is 13.0. The molecule has 0 saturated carbocycles. The molecule has 0 unspecified atom stereocenters. The molecule has 0 radical (unpaired) electrons.